The number of hydrogen-bond donors (Lipinski definition) is 2. The second kappa shape index (κ2) is 5.75. The molecule has 1 heterocycles. The fraction of sp³-hybridized carbons (Fsp3) is 0.667. The van der Waals surface area contributed by atoms with Gasteiger partial charge in [-0.1, -0.05) is 11.8 Å². The van der Waals surface area contributed by atoms with Crippen LogP contribution in [0.1, 0.15) is 25.7 Å². The molecule has 15 heavy (non-hydrogen) atoms. The molecule has 0 aliphatic carbocycles. The standard InChI is InChI=1S/C9H13NO4S/c11-7(2-1-3-8(12)13)10-6-4-5-15-9(6)14/h6H,1-5H2,(H,10,11)(H,12,13). The average molecular weight is 231 g/mol. The van der Waals surface area contributed by atoms with Gasteiger partial charge in [0.2, 0.25) is 11.0 Å². The number of hydrogen-bond acceptors (Lipinski definition) is 4. The van der Waals surface area contributed by atoms with Gasteiger partial charge in [0.25, 0.3) is 0 Å². The van der Waals surface area contributed by atoms with Gasteiger partial charge in [-0.15, -0.1) is 0 Å². The lowest BCUT2D eigenvalue weighted by Gasteiger charge is -2.09. The Morgan fingerprint density at radius 2 is 2.20 bits per heavy atom. The number of nitrogens with one attached hydrogen (secondary N) is 1. The third-order valence-electron chi connectivity index (χ3n) is 2.07. The fourth-order valence-electron chi connectivity index (χ4n) is 1.29. The molecule has 0 aromatic heterocycles. The third kappa shape index (κ3) is 4.33. The van der Waals surface area contributed by atoms with Gasteiger partial charge in [0.15, 0.2) is 0 Å². The van der Waals surface area contributed by atoms with Crippen molar-refractivity contribution >= 4 is 28.8 Å². The molecule has 0 saturated carbocycles. The molecule has 5 nitrogen and oxygen atoms in total. The van der Waals surface area contributed by atoms with E-state index in [4.69, 9.17) is 5.11 Å². The Balaban J connectivity index is 2.18. The maximum Gasteiger partial charge on any atom is 0.303 e. The molecular formula is C9H13NO4S. The van der Waals surface area contributed by atoms with Gasteiger partial charge in [0, 0.05) is 18.6 Å². The Bertz CT molecular complexity index is 279. The van der Waals surface area contributed by atoms with Crippen molar-refractivity contribution in [2.24, 2.45) is 0 Å². The fourth-order valence-corrected chi connectivity index (χ4v) is 2.23. The Labute approximate surface area is 91.6 Å². The zero-order chi connectivity index (χ0) is 11.3. The maximum absolute atomic E-state index is 11.3. The molecule has 1 aliphatic heterocycles. The molecule has 0 bridgehead atoms. The number of aliphatic carboxylic acids is 1. The maximum atomic E-state index is 11.3. The van der Waals surface area contributed by atoms with Crippen molar-refractivity contribution in [3.63, 3.8) is 0 Å². The van der Waals surface area contributed by atoms with Crippen LogP contribution < -0.4 is 5.32 Å². The molecule has 1 aliphatic rings. The Morgan fingerprint density at radius 1 is 1.47 bits per heavy atom. The summed E-state index contributed by atoms with van der Waals surface area (Å²) in [6.45, 7) is 0. The van der Waals surface area contributed by atoms with Crippen molar-refractivity contribution in [3.05, 3.63) is 0 Å². The largest absolute Gasteiger partial charge is 0.481 e. The normalized spacial score (nSPS) is 20.3. The molecule has 1 atom stereocenters. The average Bonchev–Trinajstić information content (AvgIpc) is 2.51. The van der Waals surface area contributed by atoms with Crippen LogP contribution >= 0.6 is 11.8 Å². The lowest BCUT2D eigenvalue weighted by atomic mass is 10.2. The highest BCUT2D eigenvalue weighted by Gasteiger charge is 2.26. The highest BCUT2D eigenvalue weighted by atomic mass is 32.2. The van der Waals surface area contributed by atoms with E-state index in [2.05, 4.69) is 5.32 Å². The molecule has 84 valence electrons. The van der Waals surface area contributed by atoms with E-state index in [0.29, 0.717) is 12.8 Å². The smallest absolute Gasteiger partial charge is 0.303 e. The minimum Gasteiger partial charge on any atom is -0.481 e. The number of carbonyl (C=O) groups is 3. The van der Waals surface area contributed by atoms with Gasteiger partial charge in [-0.25, -0.2) is 0 Å². The summed E-state index contributed by atoms with van der Waals surface area (Å²) in [6, 6.07) is -0.368. The Kier molecular flexibility index (Phi) is 4.61. The van der Waals surface area contributed by atoms with Crippen LogP contribution in [0.4, 0.5) is 0 Å². The summed E-state index contributed by atoms with van der Waals surface area (Å²) < 4.78 is 0. The first-order valence-corrected chi connectivity index (χ1v) is 5.76. The predicted molar refractivity (Wildman–Crippen MR) is 55.5 cm³/mol. The molecule has 1 unspecified atom stereocenters. The highest BCUT2D eigenvalue weighted by molar-refractivity contribution is 8.14. The van der Waals surface area contributed by atoms with Crippen molar-refractivity contribution in [1.82, 2.24) is 5.32 Å². The van der Waals surface area contributed by atoms with Crippen LogP contribution in [0.25, 0.3) is 0 Å². The van der Waals surface area contributed by atoms with Crippen LogP contribution in [-0.2, 0) is 14.4 Å². The first-order chi connectivity index (χ1) is 7.09. The van der Waals surface area contributed by atoms with Gasteiger partial charge in [0.1, 0.15) is 0 Å². The SMILES string of the molecule is O=C(O)CCCC(=O)NC1CCSC1=O. The van der Waals surface area contributed by atoms with Gasteiger partial charge in [-0.2, -0.15) is 0 Å². The van der Waals surface area contributed by atoms with Gasteiger partial charge in [0.05, 0.1) is 6.04 Å². The number of carboxylic acid groups (broad SMARTS) is 1. The van der Waals surface area contributed by atoms with E-state index in [1.54, 1.807) is 0 Å². The number of carbonyl (C=O) groups excluding carboxylic acids is 2. The van der Waals surface area contributed by atoms with E-state index in [0.717, 1.165) is 5.75 Å². The van der Waals surface area contributed by atoms with Gasteiger partial charge in [-0.05, 0) is 12.8 Å². The molecule has 6 heteroatoms. The summed E-state index contributed by atoms with van der Waals surface area (Å²) in [7, 11) is 0. The van der Waals surface area contributed by atoms with Crippen LogP contribution in [0.5, 0.6) is 0 Å². The minimum absolute atomic E-state index is 0.00147. The molecule has 1 rings (SSSR count). The quantitative estimate of drug-likeness (QED) is 0.715. The summed E-state index contributed by atoms with van der Waals surface area (Å²) in [4.78, 5) is 32.6. The second-order valence-corrected chi connectivity index (χ2v) is 4.42. The number of carboxylic acids is 1. The van der Waals surface area contributed by atoms with Gasteiger partial charge >= 0.3 is 5.97 Å². The van der Waals surface area contributed by atoms with E-state index < -0.39 is 5.97 Å². The first kappa shape index (κ1) is 12.0. The number of thioether (sulfide) groups is 1. The number of rotatable bonds is 5. The predicted octanol–water partition coefficient (Wildman–Crippen LogP) is 0.390. The van der Waals surface area contributed by atoms with E-state index in [-0.39, 0.29) is 29.9 Å². The van der Waals surface area contributed by atoms with Crippen molar-refractivity contribution < 1.29 is 19.5 Å². The third-order valence-corrected chi connectivity index (χ3v) is 3.07. The van der Waals surface area contributed by atoms with Crippen LogP contribution in [0.3, 0.4) is 0 Å². The lowest BCUT2D eigenvalue weighted by molar-refractivity contribution is -0.137. The van der Waals surface area contributed by atoms with Crippen LogP contribution in [0, 0.1) is 0 Å². The molecule has 0 spiro atoms. The van der Waals surface area contributed by atoms with E-state index in [9.17, 15) is 14.4 Å². The van der Waals surface area contributed by atoms with E-state index in [1.165, 1.54) is 11.8 Å². The molecule has 0 aromatic carbocycles. The van der Waals surface area contributed by atoms with Crippen molar-refractivity contribution in [2.45, 2.75) is 31.7 Å². The monoisotopic (exact) mass is 231 g/mol. The summed E-state index contributed by atoms with van der Waals surface area (Å²) in [5.41, 5.74) is 0. The van der Waals surface area contributed by atoms with E-state index >= 15 is 0 Å². The molecular weight excluding hydrogens is 218 g/mol. The molecule has 1 saturated heterocycles. The Morgan fingerprint density at radius 3 is 2.73 bits per heavy atom. The van der Waals surface area contributed by atoms with Crippen LogP contribution in [0.2, 0.25) is 0 Å². The second-order valence-electron chi connectivity index (χ2n) is 3.32. The minimum atomic E-state index is -0.907. The van der Waals surface area contributed by atoms with E-state index in [1.807, 2.05) is 0 Å². The summed E-state index contributed by atoms with van der Waals surface area (Å²) in [5, 5.41) is 11.0. The van der Waals surface area contributed by atoms with Crippen LogP contribution in [-0.4, -0.2) is 33.9 Å². The number of amides is 1. The topological polar surface area (TPSA) is 83.5 Å². The van der Waals surface area contributed by atoms with Crippen molar-refractivity contribution in [3.8, 4) is 0 Å². The molecule has 0 radical (unpaired) electrons. The summed E-state index contributed by atoms with van der Waals surface area (Å²) in [6.07, 6.45) is 1.14. The highest BCUT2D eigenvalue weighted by Crippen LogP contribution is 2.19. The summed E-state index contributed by atoms with van der Waals surface area (Å²) in [5.74, 6) is -0.397. The zero-order valence-corrected chi connectivity index (χ0v) is 9.01. The lowest BCUT2D eigenvalue weighted by Crippen LogP contribution is -2.36. The van der Waals surface area contributed by atoms with Gasteiger partial charge < -0.3 is 10.4 Å². The van der Waals surface area contributed by atoms with Crippen molar-refractivity contribution in [2.75, 3.05) is 5.75 Å². The first-order valence-electron chi connectivity index (χ1n) is 4.77. The molecule has 1 fully saturated rings. The molecule has 2 N–H and O–H groups in total. The van der Waals surface area contributed by atoms with Gasteiger partial charge in [-0.3, -0.25) is 14.4 Å². The zero-order valence-electron chi connectivity index (χ0n) is 8.19. The Hall–Kier alpha value is -1.04. The van der Waals surface area contributed by atoms with Crippen LogP contribution in [0.15, 0.2) is 0 Å². The van der Waals surface area contributed by atoms with Crippen molar-refractivity contribution in [1.29, 1.82) is 0 Å². The molecule has 0 aromatic rings. The molecule has 1 amide bonds. The summed E-state index contributed by atoms with van der Waals surface area (Å²) >= 11 is 1.23.